The maximum atomic E-state index is 12.9. The van der Waals surface area contributed by atoms with E-state index in [1.165, 1.54) is 18.3 Å². The van der Waals surface area contributed by atoms with E-state index in [9.17, 15) is 23.1 Å². The Balaban J connectivity index is 2.00. The number of nitrogens with zero attached hydrogens (tertiary/aromatic N) is 1. The van der Waals surface area contributed by atoms with Crippen LogP contribution in [0.2, 0.25) is 4.34 Å². The third-order valence-electron chi connectivity index (χ3n) is 4.65. The maximum absolute atomic E-state index is 12.9. The van der Waals surface area contributed by atoms with Crippen molar-refractivity contribution in [3.63, 3.8) is 0 Å². The molecule has 4 nitrogen and oxygen atoms in total. The molecule has 1 fully saturated rings. The minimum Gasteiger partial charge on any atom is -0.386 e. The van der Waals surface area contributed by atoms with E-state index in [1.807, 2.05) is 0 Å². The largest absolute Gasteiger partial charge is 0.471 e. The Morgan fingerprint density at radius 1 is 1.56 bits per heavy atom. The number of rotatable bonds is 0. The van der Waals surface area contributed by atoms with Crippen molar-refractivity contribution in [2.24, 2.45) is 0 Å². The second kappa shape index (κ2) is 6.16. The average Bonchev–Trinajstić information content (AvgIpc) is 2.93. The van der Waals surface area contributed by atoms with Crippen LogP contribution < -0.4 is 0 Å². The Bertz CT molecular complexity index is 744. The summed E-state index contributed by atoms with van der Waals surface area (Å²) in [5.74, 6) is 0.346. The summed E-state index contributed by atoms with van der Waals surface area (Å²) < 4.78 is 45.0. The van der Waals surface area contributed by atoms with Crippen LogP contribution in [0.5, 0.6) is 0 Å². The number of fused-ring (bicyclic) bond motifs is 2. The fourth-order valence-corrected chi connectivity index (χ4v) is 5.13. The highest BCUT2D eigenvalue weighted by molar-refractivity contribution is 7.16. The lowest BCUT2D eigenvalue weighted by molar-refractivity contribution is -0.200. The lowest BCUT2D eigenvalue weighted by Crippen LogP contribution is -2.59. The second-order valence-corrected chi connectivity index (χ2v) is 7.99. The number of carbonyl (C=O) groups excluding carboxylic acids is 1. The third kappa shape index (κ3) is 3.04. The van der Waals surface area contributed by atoms with Gasteiger partial charge in [0.05, 0.1) is 17.0 Å². The minimum absolute atomic E-state index is 0.00269. The van der Waals surface area contributed by atoms with Crippen LogP contribution in [-0.2, 0) is 15.1 Å². The van der Waals surface area contributed by atoms with Gasteiger partial charge < -0.3 is 14.7 Å². The van der Waals surface area contributed by atoms with Crippen molar-refractivity contribution in [3.05, 3.63) is 20.8 Å². The van der Waals surface area contributed by atoms with E-state index in [-0.39, 0.29) is 19.4 Å². The Kier molecular flexibility index (Phi) is 4.57. The number of ether oxygens (including phenoxy) is 1. The number of hydrogen-bond acceptors (Lipinski definition) is 4. The van der Waals surface area contributed by atoms with E-state index in [2.05, 4.69) is 5.92 Å². The highest BCUT2D eigenvalue weighted by Crippen LogP contribution is 2.51. The maximum Gasteiger partial charge on any atom is 0.471 e. The van der Waals surface area contributed by atoms with E-state index in [4.69, 9.17) is 22.8 Å². The lowest BCUT2D eigenvalue weighted by atomic mass is 9.78. The van der Waals surface area contributed by atoms with Gasteiger partial charge >= 0.3 is 12.1 Å². The molecule has 0 aromatic carbocycles. The van der Waals surface area contributed by atoms with E-state index < -0.39 is 35.9 Å². The molecule has 1 aromatic heterocycles. The number of piperidine rings is 1. The smallest absolute Gasteiger partial charge is 0.386 e. The van der Waals surface area contributed by atoms with Gasteiger partial charge in [0, 0.05) is 29.3 Å². The number of aliphatic hydroxyl groups excluding tert-OH is 1. The molecule has 25 heavy (non-hydrogen) atoms. The van der Waals surface area contributed by atoms with Gasteiger partial charge in [-0.1, -0.05) is 17.5 Å². The first-order valence-electron chi connectivity index (χ1n) is 7.56. The van der Waals surface area contributed by atoms with Gasteiger partial charge in [-0.15, -0.1) is 17.8 Å². The molecule has 0 radical (unpaired) electrons. The van der Waals surface area contributed by atoms with Crippen molar-refractivity contribution < 1.29 is 27.8 Å². The zero-order valence-electron chi connectivity index (χ0n) is 13.1. The van der Waals surface area contributed by atoms with Gasteiger partial charge in [0.25, 0.3) is 0 Å². The molecule has 0 bridgehead atoms. The van der Waals surface area contributed by atoms with Gasteiger partial charge in [-0.25, -0.2) is 0 Å². The van der Waals surface area contributed by atoms with Crippen LogP contribution in [0.25, 0.3) is 0 Å². The monoisotopic (exact) mass is 393 g/mol. The number of likely N-dealkylation sites (tertiary alicyclic amines) is 1. The van der Waals surface area contributed by atoms with Crippen LogP contribution >= 0.6 is 22.9 Å². The summed E-state index contributed by atoms with van der Waals surface area (Å²) in [6.07, 6.45) is -0.236. The molecule has 3 rings (SSSR count). The molecule has 1 N–H and O–H groups in total. The molecular formula is C16H15ClF3NO3S. The van der Waals surface area contributed by atoms with Crippen LogP contribution in [0, 0.1) is 12.3 Å². The summed E-state index contributed by atoms with van der Waals surface area (Å²) in [4.78, 5) is 13.2. The molecule has 0 saturated carbocycles. The second-order valence-electron chi connectivity index (χ2n) is 6.31. The van der Waals surface area contributed by atoms with E-state index >= 15 is 0 Å². The molecule has 0 aliphatic carbocycles. The molecule has 3 heterocycles. The quantitative estimate of drug-likeness (QED) is 0.688. The zero-order valence-corrected chi connectivity index (χ0v) is 14.7. The van der Waals surface area contributed by atoms with Crippen LogP contribution in [0.4, 0.5) is 13.2 Å². The summed E-state index contributed by atoms with van der Waals surface area (Å²) in [6.45, 7) is 1.51. The summed E-state index contributed by atoms with van der Waals surface area (Å²) in [5.41, 5.74) is -0.342. The molecule has 2 aliphatic heterocycles. The molecule has 1 spiro atoms. The number of aliphatic hydroxyl groups is 1. The van der Waals surface area contributed by atoms with Gasteiger partial charge in [0.1, 0.15) is 11.7 Å². The highest BCUT2D eigenvalue weighted by atomic mass is 35.5. The predicted molar refractivity (Wildman–Crippen MR) is 86.1 cm³/mol. The Labute approximate surface area is 151 Å². The molecule has 4 atom stereocenters. The first-order valence-corrected chi connectivity index (χ1v) is 8.76. The van der Waals surface area contributed by atoms with Gasteiger partial charge in [-0.3, -0.25) is 4.79 Å². The number of halogens is 4. The molecular weight excluding hydrogens is 379 g/mol. The lowest BCUT2D eigenvalue weighted by Gasteiger charge is -2.50. The summed E-state index contributed by atoms with van der Waals surface area (Å²) in [5, 5.41) is 10.1. The van der Waals surface area contributed by atoms with Crippen molar-refractivity contribution in [1.82, 2.24) is 4.90 Å². The normalized spacial score (nSPS) is 32.4. The topological polar surface area (TPSA) is 49.8 Å². The van der Waals surface area contributed by atoms with Gasteiger partial charge in [0.2, 0.25) is 0 Å². The van der Waals surface area contributed by atoms with Crippen LogP contribution in [0.3, 0.4) is 0 Å². The fourth-order valence-electron chi connectivity index (χ4n) is 3.68. The van der Waals surface area contributed by atoms with E-state index in [0.717, 1.165) is 0 Å². The van der Waals surface area contributed by atoms with Crippen molar-refractivity contribution in [1.29, 1.82) is 0 Å². The zero-order chi connectivity index (χ0) is 18.6. The molecule has 1 saturated heterocycles. The standard InChI is InChI=1S/C16H15ClF3NO3S/c1-3-9-6-15(5-8(2)21(9)14(23)16(18,19)20)13-10(4-12(17)25-13)11(22)7-24-15/h1,4,8-9,11,22H,5-7H2,2H3/t8-,9+,11+,15-/m0/s1. The molecule has 0 unspecified atom stereocenters. The predicted octanol–water partition coefficient (Wildman–Crippen LogP) is 3.24. The highest BCUT2D eigenvalue weighted by Gasteiger charge is 2.54. The first kappa shape index (κ1) is 18.5. The van der Waals surface area contributed by atoms with Crippen molar-refractivity contribution in [3.8, 4) is 12.3 Å². The Morgan fingerprint density at radius 3 is 2.84 bits per heavy atom. The minimum atomic E-state index is -4.99. The molecule has 1 aromatic rings. The van der Waals surface area contributed by atoms with E-state index in [0.29, 0.717) is 19.7 Å². The van der Waals surface area contributed by atoms with Crippen LogP contribution in [0.1, 0.15) is 36.3 Å². The van der Waals surface area contributed by atoms with Gasteiger partial charge in [-0.2, -0.15) is 13.2 Å². The van der Waals surface area contributed by atoms with Crippen molar-refractivity contribution in [2.45, 2.75) is 49.7 Å². The molecule has 136 valence electrons. The van der Waals surface area contributed by atoms with Gasteiger partial charge in [0.15, 0.2) is 0 Å². The Hall–Kier alpha value is -1.27. The fraction of sp³-hybridized carbons (Fsp3) is 0.562. The van der Waals surface area contributed by atoms with Crippen LogP contribution in [-0.4, -0.2) is 40.8 Å². The number of hydrogen-bond donors (Lipinski definition) is 1. The number of alkyl halides is 3. The Morgan fingerprint density at radius 2 is 2.24 bits per heavy atom. The summed E-state index contributed by atoms with van der Waals surface area (Å²) in [6, 6.07) is -0.214. The van der Waals surface area contributed by atoms with Crippen LogP contribution in [0.15, 0.2) is 6.07 Å². The SMILES string of the molecule is C#C[C@@H]1C[C@]2(C[C@H](C)N1C(=O)C(F)(F)F)OC[C@@H](O)c1cc(Cl)sc12. The molecule has 2 aliphatic rings. The number of amides is 1. The number of terminal acetylenes is 1. The molecule has 1 amide bonds. The summed E-state index contributed by atoms with van der Waals surface area (Å²) >= 11 is 7.28. The molecule has 9 heteroatoms. The number of carbonyl (C=O) groups is 1. The first-order chi connectivity index (χ1) is 11.6. The number of thiophene rings is 1. The summed E-state index contributed by atoms with van der Waals surface area (Å²) in [7, 11) is 0. The van der Waals surface area contributed by atoms with Crippen molar-refractivity contribution >= 4 is 28.8 Å². The van der Waals surface area contributed by atoms with Crippen molar-refractivity contribution in [2.75, 3.05) is 6.61 Å². The van der Waals surface area contributed by atoms with Gasteiger partial charge in [-0.05, 0) is 13.0 Å². The average molecular weight is 394 g/mol. The van der Waals surface area contributed by atoms with E-state index in [1.54, 1.807) is 6.07 Å². The third-order valence-corrected chi connectivity index (χ3v) is 6.11.